The number of nitrogen functional groups attached to an aromatic ring is 1. The van der Waals surface area contributed by atoms with E-state index in [1.54, 1.807) is 18.5 Å². The van der Waals surface area contributed by atoms with E-state index >= 15 is 0 Å². The fourth-order valence-electron chi connectivity index (χ4n) is 2.90. The highest BCUT2D eigenvalue weighted by Crippen LogP contribution is 2.33. The van der Waals surface area contributed by atoms with Gasteiger partial charge >= 0.3 is 6.01 Å². The summed E-state index contributed by atoms with van der Waals surface area (Å²) in [6.07, 6.45) is 2.91. The first-order valence-corrected chi connectivity index (χ1v) is 9.24. The zero-order valence-corrected chi connectivity index (χ0v) is 16.2. The molecule has 146 valence electrons. The largest absolute Gasteiger partial charge is 0.456 e. The molecule has 4 aromatic rings. The minimum absolute atomic E-state index is 0.157. The monoisotopic (exact) mass is 409 g/mol. The summed E-state index contributed by atoms with van der Waals surface area (Å²) < 4.78 is 19.9. The maximum Gasteiger partial charge on any atom is 0.316 e. The van der Waals surface area contributed by atoms with Gasteiger partial charge in [0.05, 0.1) is 10.6 Å². The second-order valence-electron chi connectivity index (χ2n) is 6.37. The lowest BCUT2D eigenvalue weighted by Crippen LogP contribution is -2.05. The lowest BCUT2D eigenvalue weighted by atomic mass is 10.1. The van der Waals surface area contributed by atoms with Crippen LogP contribution in [0, 0.1) is 5.82 Å². The number of rotatable bonds is 5. The summed E-state index contributed by atoms with van der Waals surface area (Å²) in [5.74, 6) is 0.000524. The summed E-state index contributed by atoms with van der Waals surface area (Å²) in [6.45, 7) is 1.92. The van der Waals surface area contributed by atoms with E-state index in [9.17, 15) is 4.39 Å². The third kappa shape index (κ3) is 3.90. The van der Waals surface area contributed by atoms with Crippen LogP contribution < -0.4 is 10.5 Å². The Morgan fingerprint density at radius 2 is 1.79 bits per heavy atom. The van der Waals surface area contributed by atoms with Crippen molar-refractivity contribution in [2.45, 2.75) is 13.0 Å². The number of hydrogen-bond donors (Lipinski definition) is 2. The maximum atomic E-state index is 14.2. The Balaban J connectivity index is 1.58. The third-order valence-corrected chi connectivity index (χ3v) is 4.70. The molecule has 4 rings (SSSR count). The Bertz CT molecular complexity index is 1110. The molecule has 2 aromatic heterocycles. The van der Waals surface area contributed by atoms with Gasteiger partial charge in [0, 0.05) is 18.0 Å². The second kappa shape index (κ2) is 7.89. The maximum absolute atomic E-state index is 14.2. The number of hydrogen-bond acceptors (Lipinski definition) is 5. The average Bonchev–Trinajstić information content (AvgIpc) is 3.10. The minimum Gasteiger partial charge on any atom is -0.456 e. The molecule has 0 fully saturated rings. The summed E-state index contributed by atoms with van der Waals surface area (Å²) in [6, 6.07) is 14.4. The molecule has 29 heavy (non-hydrogen) atoms. The molecule has 0 aliphatic carbocycles. The molecule has 3 N–H and O–H groups in total. The number of halogens is 2. The van der Waals surface area contributed by atoms with Gasteiger partial charge in [-0.25, -0.2) is 19.3 Å². The number of anilines is 1. The lowest BCUT2D eigenvalue weighted by molar-refractivity contribution is 0.207. The Kier molecular flexibility index (Phi) is 5.14. The SMILES string of the molecule is CC(Oc1ncc(-c2nc(-c3c(F)cccc3Cl)[nH]c2N)cn1)c1ccccc1. The van der Waals surface area contributed by atoms with Crippen LogP contribution in [0.5, 0.6) is 6.01 Å². The molecule has 2 aromatic carbocycles. The van der Waals surface area contributed by atoms with Crippen molar-refractivity contribution in [3.05, 3.63) is 77.3 Å². The first kappa shape index (κ1) is 18.9. The Labute approximate surface area is 171 Å². The van der Waals surface area contributed by atoms with E-state index in [2.05, 4.69) is 19.9 Å². The van der Waals surface area contributed by atoms with Gasteiger partial charge in [-0.15, -0.1) is 0 Å². The van der Waals surface area contributed by atoms with E-state index in [1.165, 1.54) is 12.1 Å². The molecule has 0 saturated carbocycles. The van der Waals surface area contributed by atoms with Crippen molar-refractivity contribution in [3.63, 3.8) is 0 Å². The number of nitrogens with zero attached hydrogens (tertiary/aromatic N) is 3. The highest BCUT2D eigenvalue weighted by Gasteiger charge is 2.18. The van der Waals surface area contributed by atoms with E-state index in [4.69, 9.17) is 22.1 Å². The number of benzene rings is 2. The molecule has 0 saturated heterocycles. The summed E-state index contributed by atoms with van der Waals surface area (Å²) in [4.78, 5) is 15.7. The van der Waals surface area contributed by atoms with Gasteiger partial charge in [0.2, 0.25) is 0 Å². The summed E-state index contributed by atoms with van der Waals surface area (Å²) in [5.41, 5.74) is 8.18. The van der Waals surface area contributed by atoms with Crippen molar-refractivity contribution in [1.82, 2.24) is 19.9 Å². The molecular weight excluding hydrogens is 393 g/mol. The molecule has 0 amide bonds. The van der Waals surface area contributed by atoms with Crippen LogP contribution in [0.3, 0.4) is 0 Å². The van der Waals surface area contributed by atoms with E-state index in [-0.39, 0.29) is 34.3 Å². The van der Waals surface area contributed by atoms with Crippen LogP contribution in [0.2, 0.25) is 5.02 Å². The second-order valence-corrected chi connectivity index (χ2v) is 6.78. The van der Waals surface area contributed by atoms with Crippen LogP contribution in [0.1, 0.15) is 18.6 Å². The van der Waals surface area contributed by atoms with Crippen LogP contribution >= 0.6 is 11.6 Å². The van der Waals surface area contributed by atoms with Crippen LogP contribution in [-0.2, 0) is 0 Å². The number of imidazole rings is 1. The molecule has 2 heterocycles. The molecule has 1 atom stereocenters. The van der Waals surface area contributed by atoms with Crippen molar-refractivity contribution < 1.29 is 9.13 Å². The Hall–Kier alpha value is -3.45. The number of nitrogens with two attached hydrogens (primary N) is 1. The van der Waals surface area contributed by atoms with Crippen LogP contribution in [0.4, 0.5) is 10.2 Å². The number of H-pyrrole nitrogens is 1. The first-order chi connectivity index (χ1) is 14.0. The normalized spacial score (nSPS) is 12.0. The van der Waals surface area contributed by atoms with Crippen molar-refractivity contribution in [2.75, 3.05) is 5.73 Å². The Morgan fingerprint density at radius 1 is 1.07 bits per heavy atom. The van der Waals surface area contributed by atoms with Crippen molar-refractivity contribution in [3.8, 4) is 28.7 Å². The van der Waals surface area contributed by atoms with Gasteiger partial charge in [-0.3, -0.25) is 0 Å². The topological polar surface area (TPSA) is 89.7 Å². The van der Waals surface area contributed by atoms with Gasteiger partial charge in [-0.2, -0.15) is 0 Å². The summed E-state index contributed by atoms with van der Waals surface area (Å²) in [5, 5.41) is 0.236. The van der Waals surface area contributed by atoms with Gasteiger partial charge in [0.1, 0.15) is 29.3 Å². The summed E-state index contributed by atoms with van der Waals surface area (Å²) in [7, 11) is 0. The standard InChI is InChI=1S/C21H17ClFN5O/c1-12(13-6-3-2-4-7-13)29-21-25-10-14(11-26-21)18-19(24)28-20(27-18)17-15(22)8-5-9-16(17)23/h2-12H,24H2,1H3,(H,27,28). The van der Waals surface area contributed by atoms with Crippen molar-refractivity contribution in [2.24, 2.45) is 0 Å². The molecule has 6 nitrogen and oxygen atoms in total. The van der Waals surface area contributed by atoms with Crippen LogP contribution in [0.15, 0.2) is 60.9 Å². The van der Waals surface area contributed by atoms with Gasteiger partial charge in [0.25, 0.3) is 0 Å². The zero-order valence-electron chi connectivity index (χ0n) is 15.4. The van der Waals surface area contributed by atoms with Gasteiger partial charge in [-0.1, -0.05) is 48.0 Å². The van der Waals surface area contributed by atoms with E-state index in [0.29, 0.717) is 11.3 Å². The van der Waals surface area contributed by atoms with Crippen LogP contribution in [0.25, 0.3) is 22.6 Å². The predicted octanol–water partition coefficient (Wildman–Crippen LogP) is 5.05. The molecule has 0 spiro atoms. The quantitative estimate of drug-likeness (QED) is 0.481. The molecule has 1 unspecified atom stereocenters. The lowest BCUT2D eigenvalue weighted by Gasteiger charge is -2.13. The molecule has 0 aliphatic heterocycles. The first-order valence-electron chi connectivity index (χ1n) is 8.87. The smallest absolute Gasteiger partial charge is 0.316 e. The van der Waals surface area contributed by atoms with Crippen LogP contribution in [-0.4, -0.2) is 19.9 Å². The molecular formula is C21H17ClFN5O. The minimum atomic E-state index is -0.493. The van der Waals surface area contributed by atoms with E-state index in [1.807, 2.05) is 37.3 Å². The van der Waals surface area contributed by atoms with E-state index < -0.39 is 5.82 Å². The molecule has 0 aliphatic rings. The fourth-order valence-corrected chi connectivity index (χ4v) is 3.15. The van der Waals surface area contributed by atoms with Crippen molar-refractivity contribution in [1.29, 1.82) is 0 Å². The number of aromatic nitrogens is 4. The molecule has 0 radical (unpaired) electrons. The fraction of sp³-hybridized carbons (Fsp3) is 0.0952. The number of aromatic amines is 1. The molecule has 0 bridgehead atoms. The Morgan fingerprint density at radius 3 is 2.48 bits per heavy atom. The van der Waals surface area contributed by atoms with E-state index in [0.717, 1.165) is 5.56 Å². The third-order valence-electron chi connectivity index (χ3n) is 4.38. The average molecular weight is 410 g/mol. The molecule has 8 heteroatoms. The number of nitrogens with one attached hydrogen (secondary N) is 1. The van der Waals surface area contributed by atoms with Gasteiger partial charge < -0.3 is 15.5 Å². The highest BCUT2D eigenvalue weighted by molar-refractivity contribution is 6.33. The highest BCUT2D eigenvalue weighted by atomic mass is 35.5. The van der Waals surface area contributed by atoms with Crippen molar-refractivity contribution >= 4 is 17.4 Å². The summed E-state index contributed by atoms with van der Waals surface area (Å²) >= 11 is 6.11. The predicted molar refractivity (Wildman–Crippen MR) is 110 cm³/mol. The van der Waals surface area contributed by atoms with Gasteiger partial charge in [0.15, 0.2) is 0 Å². The zero-order chi connectivity index (χ0) is 20.4. The number of ether oxygens (including phenoxy) is 1. The van der Waals surface area contributed by atoms with Gasteiger partial charge in [-0.05, 0) is 24.6 Å².